The van der Waals surface area contributed by atoms with Crippen molar-refractivity contribution < 1.29 is 13.9 Å². The van der Waals surface area contributed by atoms with Crippen LogP contribution in [0.2, 0.25) is 0 Å². The number of hydrogen-bond acceptors (Lipinski definition) is 5. The van der Waals surface area contributed by atoms with Crippen LogP contribution in [0.25, 0.3) is 22.0 Å². The molecule has 0 atom stereocenters. The summed E-state index contributed by atoms with van der Waals surface area (Å²) in [5, 5.41) is 4.64. The minimum absolute atomic E-state index is 0.257. The Balaban J connectivity index is 1.55. The third kappa shape index (κ3) is 4.50. The number of halogens is 1. The lowest BCUT2D eigenvalue weighted by Crippen LogP contribution is -2.32. The van der Waals surface area contributed by atoms with E-state index in [0.29, 0.717) is 24.2 Å². The molecule has 150 valence electrons. The van der Waals surface area contributed by atoms with Crippen molar-refractivity contribution in [3.8, 4) is 11.3 Å². The number of ether oxygens (including phenoxy) is 1. The molecule has 0 spiro atoms. The monoisotopic (exact) mass is 394 g/mol. The van der Waals surface area contributed by atoms with Gasteiger partial charge in [0.05, 0.1) is 17.9 Å². The van der Waals surface area contributed by atoms with Crippen LogP contribution in [0.15, 0.2) is 42.7 Å². The van der Waals surface area contributed by atoms with Crippen molar-refractivity contribution in [3.05, 3.63) is 54.2 Å². The van der Waals surface area contributed by atoms with Crippen LogP contribution in [-0.2, 0) is 17.0 Å². The van der Waals surface area contributed by atoms with Gasteiger partial charge in [-0.25, -0.2) is 19.2 Å². The van der Waals surface area contributed by atoms with Gasteiger partial charge in [-0.2, -0.15) is 0 Å². The standard InChI is InChI=1S/C22H23FN4O2/c1-21(2,3)29-20(28)26-13-17-11-16-10-14(4-5-15(16)12-25-17)18-6-9-24-19(27-18)22(23)7-8-22/h4-6,9-12H,7-8,13H2,1-3H3,(H,26,28). The number of hydrogen-bond donors (Lipinski definition) is 1. The normalized spacial score (nSPS) is 15.2. The molecule has 0 radical (unpaired) electrons. The topological polar surface area (TPSA) is 77.0 Å². The second kappa shape index (κ2) is 7.06. The predicted octanol–water partition coefficient (Wildman–Crippen LogP) is 4.68. The molecule has 4 rings (SSSR count). The van der Waals surface area contributed by atoms with Gasteiger partial charge < -0.3 is 10.1 Å². The first-order valence-electron chi connectivity index (χ1n) is 9.60. The molecular formula is C22H23FN4O2. The van der Waals surface area contributed by atoms with Crippen molar-refractivity contribution in [3.63, 3.8) is 0 Å². The Bertz CT molecular complexity index is 1070. The van der Waals surface area contributed by atoms with Crippen LogP contribution >= 0.6 is 0 Å². The van der Waals surface area contributed by atoms with Crippen LogP contribution in [0.1, 0.15) is 45.1 Å². The lowest BCUT2D eigenvalue weighted by molar-refractivity contribution is 0.0523. The van der Waals surface area contributed by atoms with Gasteiger partial charge in [0, 0.05) is 23.3 Å². The number of nitrogens with one attached hydrogen (secondary N) is 1. The van der Waals surface area contributed by atoms with Gasteiger partial charge in [0.1, 0.15) is 5.60 Å². The zero-order valence-corrected chi connectivity index (χ0v) is 16.7. The van der Waals surface area contributed by atoms with E-state index >= 15 is 0 Å². The second-order valence-electron chi connectivity index (χ2n) is 8.32. The fourth-order valence-electron chi connectivity index (χ4n) is 2.99. The maximum atomic E-state index is 14.3. The number of rotatable bonds is 4. The molecule has 1 saturated carbocycles. The SMILES string of the molecule is CC(C)(C)OC(=O)NCc1cc2cc(-c3ccnc(C4(F)CC4)n3)ccc2cn1. The van der Waals surface area contributed by atoms with E-state index in [2.05, 4.69) is 20.3 Å². The fraction of sp³-hybridized carbons (Fsp3) is 0.364. The smallest absolute Gasteiger partial charge is 0.407 e. The number of carbonyl (C=O) groups is 1. The lowest BCUT2D eigenvalue weighted by atomic mass is 10.1. The molecule has 1 amide bonds. The largest absolute Gasteiger partial charge is 0.444 e. The lowest BCUT2D eigenvalue weighted by Gasteiger charge is -2.19. The van der Waals surface area contributed by atoms with E-state index in [9.17, 15) is 9.18 Å². The summed E-state index contributed by atoms with van der Waals surface area (Å²) in [7, 11) is 0. The summed E-state index contributed by atoms with van der Waals surface area (Å²) in [6.45, 7) is 5.70. The molecule has 3 aromatic rings. The zero-order chi connectivity index (χ0) is 20.6. The van der Waals surface area contributed by atoms with E-state index in [1.807, 2.05) is 45.0 Å². The van der Waals surface area contributed by atoms with E-state index in [4.69, 9.17) is 4.74 Å². The number of amides is 1. The number of pyridine rings is 1. The third-order valence-electron chi connectivity index (χ3n) is 4.63. The minimum Gasteiger partial charge on any atom is -0.444 e. The van der Waals surface area contributed by atoms with Gasteiger partial charge in [-0.05, 0) is 57.2 Å². The summed E-state index contributed by atoms with van der Waals surface area (Å²) in [6, 6.07) is 9.57. The van der Waals surface area contributed by atoms with E-state index in [-0.39, 0.29) is 12.4 Å². The molecule has 6 nitrogen and oxygen atoms in total. The number of alkyl halides is 1. The van der Waals surface area contributed by atoms with E-state index < -0.39 is 17.4 Å². The third-order valence-corrected chi connectivity index (χ3v) is 4.63. The van der Waals surface area contributed by atoms with Crippen molar-refractivity contribution in [2.24, 2.45) is 0 Å². The predicted molar refractivity (Wildman–Crippen MR) is 108 cm³/mol. The molecule has 0 bridgehead atoms. The van der Waals surface area contributed by atoms with Crippen LogP contribution in [-0.4, -0.2) is 26.6 Å². The molecule has 29 heavy (non-hydrogen) atoms. The van der Waals surface area contributed by atoms with Crippen molar-refractivity contribution in [2.45, 2.75) is 51.4 Å². The molecule has 0 unspecified atom stereocenters. The zero-order valence-electron chi connectivity index (χ0n) is 16.7. The Hall–Kier alpha value is -3.09. The van der Waals surface area contributed by atoms with E-state index in [0.717, 1.165) is 16.3 Å². The molecule has 0 aliphatic heterocycles. The Morgan fingerprint density at radius 1 is 1.17 bits per heavy atom. The maximum absolute atomic E-state index is 14.3. The number of benzene rings is 1. The molecule has 0 saturated heterocycles. The van der Waals surface area contributed by atoms with Crippen molar-refractivity contribution in [2.75, 3.05) is 0 Å². The number of nitrogens with zero attached hydrogens (tertiary/aromatic N) is 3. The molecule has 1 aliphatic carbocycles. The highest BCUT2D eigenvalue weighted by molar-refractivity contribution is 5.86. The van der Waals surface area contributed by atoms with Gasteiger partial charge in [0.2, 0.25) is 0 Å². The first kappa shape index (κ1) is 19.2. The molecule has 1 fully saturated rings. The van der Waals surface area contributed by atoms with Crippen molar-refractivity contribution in [1.29, 1.82) is 0 Å². The fourth-order valence-corrected chi connectivity index (χ4v) is 2.99. The molecule has 1 N–H and O–H groups in total. The molecule has 1 aliphatic rings. The number of carbonyl (C=O) groups excluding carboxylic acids is 1. The van der Waals surface area contributed by atoms with Crippen LogP contribution < -0.4 is 5.32 Å². The number of alkyl carbamates (subject to hydrolysis) is 1. The highest BCUT2D eigenvalue weighted by atomic mass is 19.1. The Morgan fingerprint density at radius 3 is 2.69 bits per heavy atom. The number of fused-ring (bicyclic) bond motifs is 1. The number of aromatic nitrogens is 3. The van der Waals surface area contributed by atoms with Gasteiger partial charge in [0.15, 0.2) is 11.5 Å². The summed E-state index contributed by atoms with van der Waals surface area (Å²) >= 11 is 0. The van der Waals surface area contributed by atoms with Gasteiger partial charge in [-0.15, -0.1) is 0 Å². The highest BCUT2D eigenvalue weighted by Crippen LogP contribution is 2.48. The van der Waals surface area contributed by atoms with E-state index in [1.165, 1.54) is 0 Å². The Kier molecular flexibility index (Phi) is 4.68. The summed E-state index contributed by atoms with van der Waals surface area (Å²) in [4.78, 5) is 24.8. The Labute approximate surface area is 168 Å². The molecule has 2 heterocycles. The maximum Gasteiger partial charge on any atom is 0.407 e. The summed E-state index contributed by atoms with van der Waals surface area (Å²) < 4.78 is 19.6. The van der Waals surface area contributed by atoms with Crippen molar-refractivity contribution >= 4 is 16.9 Å². The first-order valence-corrected chi connectivity index (χ1v) is 9.60. The van der Waals surface area contributed by atoms with Gasteiger partial charge in [-0.1, -0.05) is 12.1 Å². The van der Waals surface area contributed by atoms with Gasteiger partial charge in [0.25, 0.3) is 0 Å². The van der Waals surface area contributed by atoms with Crippen LogP contribution in [0, 0.1) is 0 Å². The molecule has 7 heteroatoms. The average Bonchev–Trinajstić information content (AvgIpc) is 3.43. The minimum atomic E-state index is -1.36. The molecule has 2 aromatic heterocycles. The van der Waals surface area contributed by atoms with Crippen LogP contribution in [0.3, 0.4) is 0 Å². The Morgan fingerprint density at radius 2 is 1.97 bits per heavy atom. The van der Waals surface area contributed by atoms with Gasteiger partial charge >= 0.3 is 6.09 Å². The first-order chi connectivity index (χ1) is 13.7. The summed E-state index contributed by atoms with van der Waals surface area (Å²) in [5.41, 5.74) is 0.362. The van der Waals surface area contributed by atoms with Crippen molar-refractivity contribution in [1.82, 2.24) is 20.3 Å². The molecular weight excluding hydrogens is 371 g/mol. The quantitative estimate of drug-likeness (QED) is 0.695. The van der Waals surface area contributed by atoms with E-state index in [1.54, 1.807) is 18.5 Å². The molecule has 1 aromatic carbocycles. The van der Waals surface area contributed by atoms with Gasteiger partial charge in [-0.3, -0.25) is 4.98 Å². The van der Waals surface area contributed by atoms with Crippen LogP contribution in [0.5, 0.6) is 0 Å². The summed E-state index contributed by atoms with van der Waals surface area (Å²) in [5.74, 6) is 0.257. The average molecular weight is 394 g/mol. The second-order valence-corrected chi connectivity index (χ2v) is 8.32. The van der Waals surface area contributed by atoms with Crippen LogP contribution in [0.4, 0.5) is 9.18 Å². The summed E-state index contributed by atoms with van der Waals surface area (Å²) in [6.07, 6.45) is 3.84. The highest BCUT2D eigenvalue weighted by Gasteiger charge is 2.48.